The highest BCUT2D eigenvalue weighted by atomic mass is 35.5. The van der Waals surface area contributed by atoms with Gasteiger partial charge in [-0.25, -0.2) is 5.43 Å². The molecule has 21 heavy (non-hydrogen) atoms. The van der Waals surface area contributed by atoms with Crippen molar-refractivity contribution >= 4 is 34.8 Å². The molecule has 1 rings (SSSR count). The van der Waals surface area contributed by atoms with E-state index in [4.69, 9.17) is 11.6 Å². The molecule has 0 aliphatic carbocycles. The van der Waals surface area contributed by atoms with Gasteiger partial charge in [0, 0.05) is 22.8 Å². The summed E-state index contributed by atoms with van der Waals surface area (Å²) in [7, 11) is 0. The Hall–Kier alpha value is -1.88. The van der Waals surface area contributed by atoms with Crippen molar-refractivity contribution in [2.45, 2.75) is 39.5 Å². The van der Waals surface area contributed by atoms with Gasteiger partial charge in [0.05, 0.1) is 6.42 Å². The van der Waals surface area contributed by atoms with Crippen LogP contribution < -0.4 is 10.7 Å². The molecule has 0 unspecified atom stereocenters. The maximum absolute atomic E-state index is 11.8. The number of carbonyl (C=O) groups excluding carboxylic acids is 2. The lowest BCUT2D eigenvalue weighted by Crippen LogP contribution is -2.21. The van der Waals surface area contributed by atoms with E-state index in [1.807, 2.05) is 6.92 Å². The summed E-state index contributed by atoms with van der Waals surface area (Å²) in [5.74, 6) is -0.340. The maximum atomic E-state index is 11.8. The average Bonchev–Trinajstić information content (AvgIpc) is 2.42. The van der Waals surface area contributed by atoms with Gasteiger partial charge in [-0.1, -0.05) is 31.0 Å². The first kappa shape index (κ1) is 17.2. The van der Waals surface area contributed by atoms with Crippen molar-refractivity contribution in [2.24, 2.45) is 5.10 Å². The number of benzene rings is 1. The van der Waals surface area contributed by atoms with E-state index in [1.54, 1.807) is 31.2 Å². The first-order chi connectivity index (χ1) is 10.0. The van der Waals surface area contributed by atoms with Crippen LogP contribution in [0.4, 0.5) is 5.69 Å². The van der Waals surface area contributed by atoms with Crippen molar-refractivity contribution in [1.82, 2.24) is 5.43 Å². The van der Waals surface area contributed by atoms with Gasteiger partial charge < -0.3 is 5.32 Å². The van der Waals surface area contributed by atoms with E-state index in [2.05, 4.69) is 15.8 Å². The lowest BCUT2D eigenvalue weighted by molar-refractivity contribution is -0.121. The molecule has 5 nitrogen and oxygen atoms in total. The molecule has 0 atom stereocenters. The molecular formula is C15H20ClN3O2. The molecule has 0 fully saturated rings. The van der Waals surface area contributed by atoms with Crippen LogP contribution in [-0.2, 0) is 9.59 Å². The number of rotatable bonds is 7. The molecule has 1 aromatic carbocycles. The van der Waals surface area contributed by atoms with Gasteiger partial charge in [-0.2, -0.15) is 5.10 Å². The molecule has 2 N–H and O–H groups in total. The zero-order valence-electron chi connectivity index (χ0n) is 12.3. The molecule has 0 aliphatic heterocycles. The van der Waals surface area contributed by atoms with Crippen LogP contribution in [0.3, 0.4) is 0 Å². The fraction of sp³-hybridized carbons (Fsp3) is 0.400. The smallest absolute Gasteiger partial charge is 0.240 e. The van der Waals surface area contributed by atoms with Gasteiger partial charge in [0.2, 0.25) is 11.8 Å². The monoisotopic (exact) mass is 309 g/mol. The van der Waals surface area contributed by atoms with Gasteiger partial charge in [-0.15, -0.1) is 0 Å². The van der Waals surface area contributed by atoms with Crippen molar-refractivity contribution in [3.05, 3.63) is 29.3 Å². The summed E-state index contributed by atoms with van der Waals surface area (Å²) in [6.07, 6.45) is 2.34. The van der Waals surface area contributed by atoms with Crippen LogP contribution in [0.25, 0.3) is 0 Å². The SMILES string of the molecule is CCCCC(=O)N/N=C(\C)CC(=O)Nc1cccc(Cl)c1. The van der Waals surface area contributed by atoms with E-state index in [-0.39, 0.29) is 18.2 Å². The largest absolute Gasteiger partial charge is 0.326 e. The molecule has 0 radical (unpaired) electrons. The van der Waals surface area contributed by atoms with Crippen LogP contribution in [0, 0.1) is 0 Å². The minimum absolute atomic E-state index is 0.112. The minimum atomic E-state index is -0.207. The first-order valence-electron chi connectivity index (χ1n) is 6.88. The Morgan fingerprint density at radius 1 is 1.29 bits per heavy atom. The van der Waals surface area contributed by atoms with E-state index in [0.717, 1.165) is 12.8 Å². The van der Waals surface area contributed by atoms with Gasteiger partial charge in [-0.3, -0.25) is 9.59 Å². The van der Waals surface area contributed by atoms with E-state index in [1.165, 1.54) is 0 Å². The van der Waals surface area contributed by atoms with Gasteiger partial charge in [0.1, 0.15) is 0 Å². The fourth-order valence-corrected chi connectivity index (χ4v) is 1.78. The molecule has 6 heteroatoms. The topological polar surface area (TPSA) is 70.6 Å². The highest BCUT2D eigenvalue weighted by Crippen LogP contribution is 2.14. The number of halogens is 1. The van der Waals surface area contributed by atoms with Crippen molar-refractivity contribution in [2.75, 3.05) is 5.32 Å². The average molecular weight is 310 g/mol. The number of nitrogens with zero attached hydrogens (tertiary/aromatic N) is 1. The predicted octanol–water partition coefficient (Wildman–Crippen LogP) is 3.35. The third kappa shape index (κ3) is 7.46. The Labute approximate surface area is 129 Å². The molecule has 0 heterocycles. The van der Waals surface area contributed by atoms with Crippen LogP contribution in [0.15, 0.2) is 29.4 Å². The fourth-order valence-electron chi connectivity index (χ4n) is 1.59. The van der Waals surface area contributed by atoms with E-state index < -0.39 is 0 Å². The first-order valence-corrected chi connectivity index (χ1v) is 7.26. The van der Waals surface area contributed by atoms with Crippen LogP contribution in [0.2, 0.25) is 5.02 Å². The number of hydrogen-bond donors (Lipinski definition) is 2. The van der Waals surface area contributed by atoms with Crippen molar-refractivity contribution in [1.29, 1.82) is 0 Å². The Bertz CT molecular complexity index is 529. The molecule has 0 aliphatic rings. The van der Waals surface area contributed by atoms with Gasteiger partial charge in [0.25, 0.3) is 0 Å². The number of hydrogen-bond acceptors (Lipinski definition) is 3. The summed E-state index contributed by atoms with van der Waals surface area (Å²) in [5, 5.41) is 7.18. The van der Waals surface area contributed by atoms with Crippen molar-refractivity contribution in [3.63, 3.8) is 0 Å². The minimum Gasteiger partial charge on any atom is -0.326 e. The molecule has 1 aromatic rings. The van der Waals surface area contributed by atoms with Crippen LogP contribution in [0.1, 0.15) is 39.5 Å². The molecule has 0 saturated heterocycles. The second-order valence-electron chi connectivity index (χ2n) is 4.72. The number of nitrogens with one attached hydrogen (secondary N) is 2. The second kappa shape index (κ2) is 9.13. The standard InChI is InChI=1S/C15H20ClN3O2/c1-3-4-8-14(20)19-18-11(2)9-15(21)17-13-7-5-6-12(16)10-13/h5-7,10H,3-4,8-9H2,1-2H3,(H,17,21)(H,19,20)/b18-11+. The highest BCUT2D eigenvalue weighted by molar-refractivity contribution is 6.30. The normalized spacial score (nSPS) is 11.1. The summed E-state index contributed by atoms with van der Waals surface area (Å²) in [4.78, 5) is 23.2. The lowest BCUT2D eigenvalue weighted by Gasteiger charge is -2.05. The number of unbranched alkanes of at least 4 members (excludes halogenated alkanes) is 1. The molecule has 2 amide bonds. The van der Waals surface area contributed by atoms with Gasteiger partial charge >= 0.3 is 0 Å². The summed E-state index contributed by atoms with van der Waals surface area (Å²) < 4.78 is 0. The number of anilines is 1. The molecule has 0 saturated carbocycles. The summed E-state index contributed by atoms with van der Waals surface area (Å²) >= 11 is 5.84. The number of carbonyl (C=O) groups is 2. The second-order valence-corrected chi connectivity index (χ2v) is 5.16. The molecule has 0 aromatic heterocycles. The predicted molar refractivity (Wildman–Crippen MR) is 85.5 cm³/mol. The van der Waals surface area contributed by atoms with E-state index in [9.17, 15) is 9.59 Å². The van der Waals surface area contributed by atoms with Crippen LogP contribution in [-0.4, -0.2) is 17.5 Å². The lowest BCUT2D eigenvalue weighted by atomic mass is 10.2. The van der Waals surface area contributed by atoms with E-state index in [0.29, 0.717) is 22.8 Å². The number of hydrazone groups is 1. The van der Waals surface area contributed by atoms with E-state index >= 15 is 0 Å². The van der Waals surface area contributed by atoms with Crippen LogP contribution in [0.5, 0.6) is 0 Å². The molecule has 0 spiro atoms. The van der Waals surface area contributed by atoms with Crippen molar-refractivity contribution in [3.8, 4) is 0 Å². The van der Waals surface area contributed by atoms with Gasteiger partial charge in [-0.05, 0) is 31.5 Å². The quantitative estimate of drug-likeness (QED) is 0.599. The summed E-state index contributed by atoms with van der Waals surface area (Å²) in [6.45, 7) is 3.71. The van der Waals surface area contributed by atoms with Crippen LogP contribution >= 0.6 is 11.6 Å². The van der Waals surface area contributed by atoms with Gasteiger partial charge in [0.15, 0.2) is 0 Å². The molecule has 114 valence electrons. The third-order valence-electron chi connectivity index (χ3n) is 2.65. The number of amides is 2. The molecular weight excluding hydrogens is 290 g/mol. The molecule has 0 bridgehead atoms. The summed E-state index contributed by atoms with van der Waals surface area (Å²) in [5.41, 5.74) is 3.62. The van der Waals surface area contributed by atoms with Crippen molar-refractivity contribution < 1.29 is 9.59 Å². The third-order valence-corrected chi connectivity index (χ3v) is 2.89. The Morgan fingerprint density at radius 3 is 2.71 bits per heavy atom. The zero-order chi connectivity index (χ0) is 15.7. The highest BCUT2D eigenvalue weighted by Gasteiger charge is 2.06. The Balaban J connectivity index is 2.41. The zero-order valence-corrected chi connectivity index (χ0v) is 13.0. The Morgan fingerprint density at radius 2 is 2.05 bits per heavy atom. The maximum Gasteiger partial charge on any atom is 0.240 e. The summed E-state index contributed by atoms with van der Waals surface area (Å²) in [6, 6.07) is 6.91. The Kier molecular flexibility index (Phi) is 7.46.